The summed E-state index contributed by atoms with van der Waals surface area (Å²) >= 11 is 0. The molecule has 82 valence electrons. The van der Waals surface area contributed by atoms with Gasteiger partial charge >= 0.3 is 0 Å². The number of carbonyl (C=O) groups excluding carboxylic acids is 1. The average molecular weight is 198 g/mol. The molecule has 1 fully saturated rings. The topological polar surface area (TPSA) is 41.1 Å². The highest BCUT2D eigenvalue weighted by Gasteiger charge is 2.16. The Bertz CT molecular complexity index is 182. The third-order valence-electron chi connectivity index (χ3n) is 2.94. The predicted molar refractivity (Wildman–Crippen MR) is 58.1 cm³/mol. The molecule has 2 unspecified atom stereocenters. The van der Waals surface area contributed by atoms with Crippen molar-refractivity contribution in [3.05, 3.63) is 0 Å². The van der Waals surface area contributed by atoms with E-state index in [-0.39, 0.29) is 5.91 Å². The summed E-state index contributed by atoms with van der Waals surface area (Å²) in [5.74, 6) is 0.908. The summed E-state index contributed by atoms with van der Waals surface area (Å²) in [4.78, 5) is 11.3. The molecule has 0 bridgehead atoms. The van der Waals surface area contributed by atoms with E-state index in [0.717, 1.165) is 25.9 Å². The molecule has 14 heavy (non-hydrogen) atoms. The molecule has 0 aromatic heterocycles. The second-order valence-electron chi connectivity index (χ2n) is 4.31. The van der Waals surface area contributed by atoms with Gasteiger partial charge in [0.1, 0.15) is 0 Å². The molecular weight excluding hydrogens is 176 g/mol. The molecule has 1 amide bonds. The smallest absolute Gasteiger partial charge is 0.221 e. The first-order chi connectivity index (χ1) is 6.72. The fourth-order valence-corrected chi connectivity index (χ4v) is 1.66. The molecule has 1 aliphatic rings. The minimum absolute atomic E-state index is 0.198. The normalized spacial score (nSPS) is 25.3. The molecule has 1 rings (SSSR count). The van der Waals surface area contributed by atoms with Crippen molar-refractivity contribution in [1.82, 2.24) is 10.6 Å². The van der Waals surface area contributed by atoms with E-state index in [1.54, 1.807) is 0 Å². The number of rotatable bonds is 4. The van der Waals surface area contributed by atoms with Gasteiger partial charge in [0.05, 0.1) is 0 Å². The van der Waals surface area contributed by atoms with Gasteiger partial charge in [-0.2, -0.15) is 0 Å². The molecule has 0 aromatic rings. The summed E-state index contributed by atoms with van der Waals surface area (Å²) in [5.41, 5.74) is 0. The van der Waals surface area contributed by atoms with Crippen molar-refractivity contribution < 1.29 is 4.79 Å². The summed E-state index contributed by atoms with van der Waals surface area (Å²) in [6.45, 7) is 6.32. The fraction of sp³-hybridized carbons (Fsp3) is 0.909. The van der Waals surface area contributed by atoms with Gasteiger partial charge in [-0.1, -0.05) is 20.3 Å². The van der Waals surface area contributed by atoms with Crippen LogP contribution in [0.25, 0.3) is 0 Å². The number of hydrogen-bond donors (Lipinski definition) is 2. The first-order valence-corrected chi connectivity index (χ1v) is 5.72. The highest BCUT2D eigenvalue weighted by molar-refractivity contribution is 5.76. The number of amides is 1. The van der Waals surface area contributed by atoms with E-state index in [9.17, 15) is 4.79 Å². The molecule has 0 aromatic carbocycles. The first kappa shape index (κ1) is 11.5. The van der Waals surface area contributed by atoms with Crippen LogP contribution in [-0.4, -0.2) is 25.0 Å². The lowest BCUT2D eigenvalue weighted by Gasteiger charge is -2.17. The van der Waals surface area contributed by atoms with E-state index in [1.807, 2.05) is 0 Å². The van der Waals surface area contributed by atoms with Crippen molar-refractivity contribution in [3.63, 3.8) is 0 Å². The monoisotopic (exact) mass is 198 g/mol. The van der Waals surface area contributed by atoms with Crippen LogP contribution < -0.4 is 10.6 Å². The van der Waals surface area contributed by atoms with Crippen molar-refractivity contribution in [1.29, 1.82) is 0 Å². The summed E-state index contributed by atoms with van der Waals surface area (Å²) in [6, 6.07) is 0.395. The van der Waals surface area contributed by atoms with Crippen LogP contribution in [0, 0.1) is 5.92 Å². The zero-order valence-electron chi connectivity index (χ0n) is 9.31. The second-order valence-corrected chi connectivity index (χ2v) is 4.31. The third kappa shape index (κ3) is 4.09. The van der Waals surface area contributed by atoms with E-state index < -0.39 is 0 Å². The molecule has 0 spiro atoms. The van der Waals surface area contributed by atoms with Crippen LogP contribution in [-0.2, 0) is 4.79 Å². The van der Waals surface area contributed by atoms with Gasteiger partial charge in [0.2, 0.25) is 5.91 Å². The Balaban J connectivity index is 2.24. The van der Waals surface area contributed by atoms with E-state index in [0.29, 0.717) is 18.4 Å². The molecule has 1 aliphatic heterocycles. The fourth-order valence-electron chi connectivity index (χ4n) is 1.66. The lowest BCUT2D eigenvalue weighted by atomic mass is 10.1. The van der Waals surface area contributed by atoms with Crippen LogP contribution >= 0.6 is 0 Å². The quantitative estimate of drug-likeness (QED) is 0.714. The van der Waals surface area contributed by atoms with Gasteiger partial charge in [0.15, 0.2) is 0 Å². The highest BCUT2D eigenvalue weighted by atomic mass is 16.1. The largest absolute Gasteiger partial charge is 0.356 e. The molecular formula is C11H22N2O. The number of nitrogens with one attached hydrogen (secondary N) is 2. The van der Waals surface area contributed by atoms with Crippen molar-refractivity contribution in [2.75, 3.05) is 13.1 Å². The molecule has 0 aliphatic carbocycles. The van der Waals surface area contributed by atoms with Gasteiger partial charge in [-0.05, 0) is 25.3 Å². The zero-order chi connectivity index (χ0) is 10.4. The Morgan fingerprint density at radius 3 is 3.14 bits per heavy atom. The second kappa shape index (κ2) is 6.02. The van der Waals surface area contributed by atoms with Crippen LogP contribution in [0.2, 0.25) is 0 Å². The van der Waals surface area contributed by atoms with Crippen molar-refractivity contribution in [3.8, 4) is 0 Å². The molecule has 2 atom stereocenters. The van der Waals surface area contributed by atoms with E-state index in [1.165, 1.54) is 6.42 Å². The third-order valence-corrected chi connectivity index (χ3v) is 2.94. The summed E-state index contributed by atoms with van der Waals surface area (Å²) in [5, 5.41) is 6.38. The standard InChI is InChI=1S/C11H22N2O/c1-3-9(2)8-13-10-5-4-6-12-11(14)7-10/h9-10,13H,3-8H2,1-2H3,(H,12,14). The van der Waals surface area contributed by atoms with E-state index in [2.05, 4.69) is 24.5 Å². The first-order valence-electron chi connectivity index (χ1n) is 5.72. The van der Waals surface area contributed by atoms with Crippen LogP contribution in [0.1, 0.15) is 39.5 Å². The predicted octanol–water partition coefficient (Wildman–Crippen LogP) is 1.29. The Morgan fingerprint density at radius 1 is 1.64 bits per heavy atom. The average Bonchev–Trinajstić information content (AvgIpc) is 2.39. The molecule has 1 saturated heterocycles. The molecule has 3 nitrogen and oxygen atoms in total. The number of hydrogen-bond acceptors (Lipinski definition) is 2. The summed E-state index contributed by atoms with van der Waals surface area (Å²) in [6.07, 6.45) is 4.07. The maximum atomic E-state index is 11.3. The van der Waals surface area contributed by atoms with Gasteiger partial charge in [-0.3, -0.25) is 4.79 Å². The van der Waals surface area contributed by atoms with Crippen LogP contribution in [0.3, 0.4) is 0 Å². The molecule has 1 heterocycles. The minimum Gasteiger partial charge on any atom is -0.356 e. The lowest BCUT2D eigenvalue weighted by Crippen LogP contribution is -2.35. The van der Waals surface area contributed by atoms with E-state index in [4.69, 9.17) is 0 Å². The van der Waals surface area contributed by atoms with Gasteiger partial charge in [-0.25, -0.2) is 0 Å². The Morgan fingerprint density at radius 2 is 2.43 bits per heavy atom. The Labute approximate surface area is 86.6 Å². The summed E-state index contributed by atoms with van der Waals surface area (Å²) < 4.78 is 0. The molecule has 0 radical (unpaired) electrons. The number of carbonyl (C=O) groups is 1. The zero-order valence-corrected chi connectivity index (χ0v) is 9.31. The summed E-state index contributed by atoms with van der Waals surface area (Å²) in [7, 11) is 0. The molecule has 2 N–H and O–H groups in total. The highest BCUT2D eigenvalue weighted by Crippen LogP contribution is 2.07. The SMILES string of the molecule is CCC(C)CNC1CCCNC(=O)C1. The van der Waals surface area contributed by atoms with Crippen LogP contribution in [0.4, 0.5) is 0 Å². The van der Waals surface area contributed by atoms with Crippen LogP contribution in [0.5, 0.6) is 0 Å². The minimum atomic E-state index is 0.198. The van der Waals surface area contributed by atoms with Crippen molar-refractivity contribution >= 4 is 5.91 Å². The van der Waals surface area contributed by atoms with E-state index >= 15 is 0 Å². The molecule has 0 saturated carbocycles. The molecule has 3 heteroatoms. The van der Waals surface area contributed by atoms with Crippen molar-refractivity contribution in [2.24, 2.45) is 5.92 Å². The van der Waals surface area contributed by atoms with Gasteiger partial charge < -0.3 is 10.6 Å². The maximum absolute atomic E-state index is 11.3. The lowest BCUT2D eigenvalue weighted by molar-refractivity contribution is -0.121. The van der Waals surface area contributed by atoms with Gasteiger partial charge in [0, 0.05) is 19.0 Å². The maximum Gasteiger partial charge on any atom is 0.221 e. The van der Waals surface area contributed by atoms with Gasteiger partial charge in [-0.15, -0.1) is 0 Å². The van der Waals surface area contributed by atoms with Crippen molar-refractivity contribution in [2.45, 2.75) is 45.6 Å². The Kier molecular flexibility index (Phi) is 4.94. The Hall–Kier alpha value is -0.570. The van der Waals surface area contributed by atoms with Crippen LogP contribution in [0.15, 0.2) is 0 Å². The van der Waals surface area contributed by atoms with Gasteiger partial charge in [0.25, 0.3) is 0 Å².